The van der Waals surface area contributed by atoms with Crippen LogP contribution in [0.4, 0.5) is 19.3 Å². The highest BCUT2D eigenvalue weighted by atomic mass is 32.1. The molecular formula is C31H27F2NO4S. The van der Waals surface area contributed by atoms with E-state index in [1.165, 1.54) is 12.1 Å². The van der Waals surface area contributed by atoms with E-state index in [1.54, 1.807) is 25.1 Å². The van der Waals surface area contributed by atoms with Crippen LogP contribution < -0.4 is 5.32 Å². The fourth-order valence-corrected chi connectivity index (χ4v) is 5.48. The van der Waals surface area contributed by atoms with Gasteiger partial charge in [0.2, 0.25) is 0 Å². The Bertz CT molecular complexity index is 1490. The molecule has 1 atom stereocenters. The number of rotatable bonds is 8. The molecule has 0 radical (unpaired) electrons. The predicted molar refractivity (Wildman–Crippen MR) is 148 cm³/mol. The number of halogens is 2. The average molecular weight is 548 g/mol. The number of carbonyl (C=O) groups excluding carboxylic acids is 2. The van der Waals surface area contributed by atoms with Gasteiger partial charge in [-0.3, -0.25) is 10.1 Å². The van der Waals surface area contributed by atoms with E-state index in [0.29, 0.717) is 11.5 Å². The summed E-state index contributed by atoms with van der Waals surface area (Å²) in [6.45, 7) is 3.74. The van der Waals surface area contributed by atoms with E-state index in [0.717, 1.165) is 46.4 Å². The second-order valence-corrected chi connectivity index (χ2v) is 10.4. The Morgan fingerprint density at radius 1 is 0.949 bits per heavy atom. The van der Waals surface area contributed by atoms with E-state index >= 15 is 0 Å². The molecule has 200 valence electrons. The lowest BCUT2D eigenvalue weighted by Crippen LogP contribution is -2.23. The van der Waals surface area contributed by atoms with E-state index in [1.807, 2.05) is 55.5 Å². The van der Waals surface area contributed by atoms with Crippen LogP contribution >= 0.6 is 11.3 Å². The van der Waals surface area contributed by atoms with Gasteiger partial charge in [-0.25, -0.2) is 9.18 Å². The first-order valence-electron chi connectivity index (χ1n) is 12.7. The highest BCUT2D eigenvalue weighted by molar-refractivity contribution is 7.14. The standard InChI is InChI=1S/C31H27F2NO4S/c1-3-37-29(35)31(16-17-31)23-14-12-21(13-15-23)20-8-10-22(11-9-20)28-26(18-27(33)39-28)34-30(36)38-19(2)24-6-4-5-7-25(24)32/h4-15,18-19H,3,16-17H2,1-2H3,(H,34,36)/t19-/m1/s1. The molecule has 0 saturated heterocycles. The van der Waals surface area contributed by atoms with Gasteiger partial charge < -0.3 is 9.47 Å². The minimum absolute atomic E-state index is 0.166. The summed E-state index contributed by atoms with van der Waals surface area (Å²) < 4.78 is 38.8. The SMILES string of the molecule is CCOC(=O)C1(c2ccc(-c3ccc(-c4sc(F)cc4NC(=O)O[C@H](C)c4ccccc4F)cc3)cc2)CC1. The molecule has 1 fully saturated rings. The predicted octanol–water partition coefficient (Wildman–Crippen LogP) is 8.26. The Kier molecular flexibility index (Phi) is 7.48. The van der Waals surface area contributed by atoms with Crippen LogP contribution in [0.2, 0.25) is 0 Å². The molecule has 1 N–H and O–H groups in total. The van der Waals surface area contributed by atoms with Gasteiger partial charge in [-0.2, -0.15) is 4.39 Å². The van der Waals surface area contributed by atoms with E-state index in [2.05, 4.69) is 5.32 Å². The molecule has 5 nitrogen and oxygen atoms in total. The van der Waals surface area contributed by atoms with Crippen molar-refractivity contribution in [3.05, 3.63) is 101 Å². The molecule has 0 aliphatic heterocycles. The van der Waals surface area contributed by atoms with Crippen molar-refractivity contribution < 1.29 is 27.8 Å². The largest absolute Gasteiger partial charge is 0.465 e. The number of esters is 1. The van der Waals surface area contributed by atoms with Gasteiger partial charge >= 0.3 is 12.1 Å². The maximum atomic E-state index is 14.2. The highest BCUT2D eigenvalue weighted by Crippen LogP contribution is 2.49. The highest BCUT2D eigenvalue weighted by Gasteiger charge is 2.52. The van der Waals surface area contributed by atoms with Crippen molar-refractivity contribution in [2.75, 3.05) is 11.9 Å². The normalized spacial score (nSPS) is 14.4. The first-order valence-corrected chi connectivity index (χ1v) is 13.5. The van der Waals surface area contributed by atoms with Crippen LogP contribution in [0.25, 0.3) is 21.6 Å². The molecule has 39 heavy (non-hydrogen) atoms. The maximum Gasteiger partial charge on any atom is 0.412 e. The third kappa shape index (κ3) is 5.56. The Hall–Kier alpha value is -4.04. The van der Waals surface area contributed by atoms with E-state index in [-0.39, 0.29) is 17.2 Å². The Labute approximate surface area is 229 Å². The fourth-order valence-electron chi connectivity index (χ4n) is 4.64. The zero-order chi connectivity index (χ0) is 27.6. The fraction of sp³-hybridized carbons (Fsp3) is 0.226. The summed E-state index contributed by atoms with van der Waals surface area (Å²) in [5, 5.41) is 2.13. The van der Waals surface area contributed by atoms with Crippen molar-refractivity contribution >= 4 is 29.1 Å². The van der Waals surface area contributed by atoms with Gasteiger partial charge in [0.25, 0.3) is 0 Å². The van der Waals surface area contributed by atoms with Crippen LogP contribution in [0.5, 0.6) is 0 Å². The molecule has 1 aliphatic carbocycles. The Morgan fingerprint density at radius 3 is 2.18 bits per heavy atom. The number of ether oxygens (including phenoxy) is 2. The first-order chi connectivity index (χ1) is 18.8. The van der Waals surface area contributed by atoms with Crippen LogP contribution in [0, 0.1) is 10.9 Å². The molecule has 0 spiro atoms. The van der Waals surface area contributed by atoms with Crippen LogP contribution in [0.15, 0.2) is 78.9 Å². The first kappa shape index (κ1) is 26.6. The topological polar surface area (TPSA) is 64.6 Å². The van der Waals surface area contributed by atoms with Crippen LogP contribution in [0.1, 0.15) is 43.9 Å². The third-order valence-electron chi connectivity index (χ3n) is 6.90. The minimum Gasteiger partial charge on any atom is -0.465 e. The summed E-state index contributed by atoms with van der Waals surface area (Å²) in [7, 11) is 0. The number of benzene rings is 3. The van der Waals surface area contributed by atoms with Crippen molar-refractivity contribution in [3.63, 3.8) is 0 Å². The van der Waals surface area contributed by atoms with Crippen LogP contribution in [-0.4, -0.2) is 18.7 Å². The summed E-state index contributed by atoms with van der Waals surface area (Å²) in [5.74, 6) is -0.638. The average Bonchev–Trinajstić information content (AvgIpc) is 3.67. The molecule has 1 aliphatic rings. The summed E-state index contributed by atoms with van der Waals surface area (Å²) in [4.78, 5) is 25.4. The zero-order valence-electron chi connectivity index (χ0n) is 21.5. The molecule has 0 unspecified atom stereocenters. The molecule has 1 aromatic heterocycles. The second-order valence-electron chi connectivity index (χ2n) is 9.44. The number of hydrogen-bond acceptors (Lipinski definition) is 5. The van der Waals surface area contributed by atoms with Crippen molar-refractivity contribution in [2.24, 2.45) is 0 Å². The molecule has 8 heteroatoms. The summed E-state index contributed by atoms with van der Waals surface area (Å²) >= 11 is 0.906. The van der Waals surface area contributed by atoms with Gasteiger partial charge in [-0.1, -0.05) is 66.7 Å². The Balaban J connectivity index is 1.29. The van der Waals surface area contributed by atoms with Gasteiger partial charge in [0.1, 0.15) is 11.9 Å². The minimum atomic E-state index is -0.823. The lowest BCUT2D eigenvalue weighted by atomic mass is 9.93. The van der Waals surface area contributed by atoms with Crippen molar-refractivity contribution in [3.8, 4) is 21.6 Å². The van der Waals surface area contributed by atoms with E-state index in [9.17, 15) is 18.4 Å². The van der Waals surface area contributed by atoms with E-state index in [4.69, 9.17) is 9.47 Å². The van der Waals surface area contributed by atoms with Gasteiger partial charge in [-0.05, 0) is 55.0 Å². The number of carbonyl (C=O) groups is 2. The molecule has 0 bridgehead atoms. The molecule has 5 rings (SSSR count). The number of thiophene rings is 1. The Morgan fingerprint density at radius 2 is 1.56 bits per heavy atom. The molecule has 1 heterocycles. The van der Waals surface area contributed by atoms with Gasteiger partial charge in [0.05, 0.1) is 22.6 Å². The third-order valence-corrected chi connectivity index (χ3v) is 7.87. The van der Waals surface area contributed by atoms with E-state index < -0.39 is 28.6 Å². The maximum absolute atomic E-state index is 14.2. The van der Waals surface area contributed by atoms with Crippen LogP contribution in [0.3, 0.4) is 0 Å². The molecular weight excluding hydrogens is 520 g/mol. The van der Waals surface area contributed by atoms with Crippen molar-refractivity contribution in [1.29, 1.82) is 0 Å². The number of amides is 1. The summed E-state index contributed by atoms with van der Waals surface area (Å²) in [6, 6.07) is 22.7. The van der Waals surface area contributed by atoms with Crippen LogP contribution in [-0.2, 0) is 19.7 Å². The smallest absolute Gasteiger partial charge is 0.412 e. The van der Waals surface area contributed by atoms with Gasteiger partial charge in [-0.15, -0.1) is 11.3 Å². The lowest BCUT2D eigenvalue weighted by molar-refractivity contribution is -0.146. The van der Waals surface area contributed by atoms with Gasteiger partial charge in [0.15, 0.2) is 5.13 Å². The summed E-state index contributed by atoms with van der Waals surface area (Å²) in [6.07, 6.45) is -0.0412. The number of nitrogens with one attached hydrogen (secondary N) is 1. The lowest BCUT2D eigenvalue weighted by Gasteiger charge is -2.15. The monoisotopic (exact) mass is 547 g/mol. The second kappa shape index (κ2) is 11.0. The zero-order valence-corrected chi connectivity index (χ0v) is 22.3. The summed E-state index contributed by atoms with van der Waals surface area (Å²) in [5.41, 5.74) is 3.62. The quantitative estimate of drug-likeness (QED) is 0.226. The van der Waals surface area contributed by atoms with Crippen molar-refractivity contribution in [1.82, 2.24) is 0 Å². The molecule has 3 aromatic carbocycles. The number of hydrogen-bond donors (Lipinski definition) is 1. The van der Waals surface area contributed by atoms with Crippen molar-refractivity contribution in [2.45, 2.75) is 38.2 Å². The van der Waals surface area contributed by atoms with Gasteiger partial charge in [0, 0.05) is 11.6 Å². The molecule has 1 amide bonds. The molecule has 1 saturated carbocycles. The number of anilines is 1. The molecule has 4 aromatic rings.